The average Bonchev–Trinajstić information content (AvgIpc) is 2.43. The van der Waals surface area contributed by atoms with E-state index in [1.165, 1.54) is 6.07 Å². The number of rotatable bonds is 8. The Labute approximate surface area is 122 Å². The molecule has 0 bridgehead atoms. The molecule has 21 heavy (non-hydrogen) atoms. The molecule has 0 radical (unpaired) electrons. The molecule has 1 rings (SSSR count). The van der Waals surface area contributed by atoms with E-state index in [-0.39, 0.29) is 12.3 Å². The highest BCUT2D eigenvalue weighted by molar-refractivity contribution is 5.76. The Morgan fingerprint density at radius 2 is 1.95 bits per heavy atom. The second-order valence-electron chi connectivity index (χ2n) is 4.81. The summed E-state index contributed by atoms with van der Waals surface area (Å²) in [4.78, 5) is 11.5. The van der Waals surface area contributed by atoms with Crippen LogP contribution in [0.15, 0.2) is 24.3 Å². The third kappa shape index (κ3) is 7.02. The van der Waals surface area contributed by atoms with E-state index in [1.54, 1.807) is 6.07 Å². The second-order valence-corrected chi connectivity index (χ2v) is 4.81. The first-order valence-electron chi connectivity index (χ1n) is 7.11. The van der Waals surface area contributed by atoms with Gasteiger partial charge in [0.25, 0.3) is 0 Å². The SMILES string of the molecule is CCCCCNC(=O)CCNc1cccc(C(F)(F)F)c1. The Kier molecular flexibility index (Phi) is 7.05. The Bertz CT molecular complexity index is 447. The smallest absolute Gasteiger partial charge is 0.385 e. The van der Waals surface area contributed by atoms with Gasteiger partial charge in [-0.15, -0.1) is 0 Å². The molecule has 0 saturated heterocycles. The molecule has 0 aliphatic heterocycles. The summed E-state index contributed by atoms with van der Waals surface area (Å²) in [5, 5.41) is 5.61. The highest BCUT2D eigenvalue weighted by Gasteiger charge is 2.30. The van der Waals surface area contributed by atoms with Crippen LogP contribution in [0.5, 0.6) is 0 Å². The Morgan fingerprint density at radius 3 is 2.62 bits per heavy atom. The fourth-order valence-electron chi connectivity index (χ4n) is 1.82. The van der Waals surface area contributed by atoms with Crippen LogP contribution < -0.4 is 10.6 Å². The van der Waals surface area contributed by atoms with Crippen molar-refractivity contribution in [1.29, 1.82) is 0 Å². The first kappa shape index (κ1) is 17.3. The molecule has 2 N–H and O–H groups in total. The molecule has 0 fully saturated rings. The van der Waals surface area contributed by atoms with Gasteiger partial charge in [0, 0.05) is 25.2 Å². The van der Waals surface area contributed by atoms with E-state index in [2.05, 4.69) is 17.6 Å². The summed E-state index contributed by atoms with van der Waals surface area (Å²) in [7, 11) is 0. The molecule has 6 heteroatoms. The maximum absolute atomic E-state index is 12.5. The maximum Gasteiger partial charge on any atom is 0.416 e. The molecule has 3 nitrogen and oxygen atoms in total. The largest absolute Gasteiger partial charge is 0.416 e. The number of alkyl halides is 3. The van der Waals surface area contributed by atoms with Crippen LogP contribution >= 0.6 is 0 Å². The van der Waals surface area contributed by atoms with Crippen molar-refractivity contribution >= 4 is 11.6 Å². The fraction of sp³-hybridized carbons (Fsp3) is 0.533. The van der Waals surface area contributed by atoms with E-state index in [1.807, 2.05) is 0 Å². The molecule has 0 aromatic heterocycles. The molecule has 1 amide bonds. The van der Waals surface area contributed by atoms with Crippen LogP contribution in [-0.4, -0.2) is 19.0 Å². The predicted molar refractivity (Wildman–Crippen MR) is 77.1 cm³/mol. The van der Waals surface area contributed by atoms with Gasteiger partial charge in [0.05, 0.1) is 5.56 Å². The summed E-state index contributed by atoms with van der Waals surface area (Å²) in [5.74, 6) is -0.0921. The highest BCUT2D eigenvalue weighted by atomic mass is 19.4. The van der Waals surface area contributed by atoms with E-state index >= 15 is 0 Å². The Morgan fingerprint density at radius 1 is 1.19 bits per heavy atom. The lowest BCUT2D eigenvalue weighted by molar-refractivity contribution is -0.137. The summed E-state index contributed by atoms with van der Waals surface area (Å²) >= 11 is 0. The molecule has 0 aliphatic carbocycles. The number of anilines is 1. The minimum atomic E-state index is -4.35. The lowest BCUT2D eigenvalue weighted by Gasteiger charge is -2.10. The van der Waals surface area contributed by atoms with Gasteiger partial charge in [0.1, 0.15) is 0 Å². The van der Waals surface area contributed by atoms with Gasteiger partial charge in [-0.1, -0.05) is 25.8 Å². The predicted octanol–water partition coefficient (Wildman–Crippen LogP) is 3.81. The van der Waals surface area contributed by atoms with Crippen molar-refractivity contribution < 1.29 is 18.0 Å². The molecule has 0 heterocycles. The van der Waals surface area contributed by atoms with Gasteiger partial charge >= 0.3 is 6.18 Å². The van der Waals surface area contributed by atoms with E-state index in [0.29, 0.717) is 18.8 Å². The van der Waals surface area contributed by atoms with E-state index in [9.17, 15) is 18.0 Å². The van der Waals surface area contributed by atoms with Crippen LogP contribution in [0.4, 0.5) is 18.9 Å². The third-order valence-corrected chi connectivity index (χ3v) is 2.97. The van der Waals surface area contributed by atoms with Crippen molar-refractivity contribution in [2.75, 3.05) is 18.4 Å². The second kappa shape index (κ2) is 8.54. The molecule has 0 saturated carbocycles. The third-order valence-electron chi connectivity index (χ3n) is 2.97. The normalized spacial score (nSPS) is 11.2. The maximum atomic E-state index is 12.5. The van der Waals surface area contributed by atoms with E-state index in [0.717, 1.165) is 31.4 Å². The number of halogens is 3. The van der Waals surface area contributed by atoms with E-state index < -0.39 is 11.7 Å². The number of carbonyl (C=O) groups is 1. The first-order chi connectivity index (χ1) is 9.93. The van der Waals surface area contributed by atoms with Gasteiger partial charge in [0.15, 0.2) is 0 Å². The summed E-state index contributed by atoms with van der Waals surface area (Å²) in [6.45, 7) is 3.04. The molecule has 0 atom stereocenters. The van der Waals surface area contributed by atoms with Crippen LogP contribution in [0.2, 0.25) is 0 Å². The van der Waals surface area contributed by atoms with Crippen molar-refractivity contribution in [1.82, 2.24) is 5.32 Å². The monoisotopic (exact) mass is 302 g/mol. The van der Waals surface area contributed by atoms with Gasteiger partial charge in [-0.2, -0.15) is 13.2 Å². The van der Waals surface area contributed by atoms with Gasteiger partial charge in [-0.3, -0.25) is 4.79 Å². The average molecular weight is 302 g/mol. The summed E-state index contributed by atoms with van der Waals surface area (Å²) in [6, 6.07) is 4.95. The topological polar surface area (TPSA) is 41.1 Å². The van der Waals surface area contributed by atoms with Crippen molar-refractivity contribution in [2.24, 2.45) is 0 Å². The number of nitrogens with one attached hydrogen (secondary N) is 2. The number of benzene rings is 1. The van der Waals surface area contributed by atoms with Crippen LogP contribution in [0.25, 0.3) is 0 Å². The standard InChI is InChI=1S/C15H21F3N2O/c1-2-3-4-9-20-14(21)8-10-19-13-7-5-6-12(11-13)15(16,17)18/h5-7,11,19H,2-4,8-10H2,1H3,(H,20,21). The van der Waals surface area contributed by atoms with E-state index in [4.69, 9.17) is 0 Å². The molecule has 118 valence electrons. The highest BCUT2D eigenvalue weighted by Crippen LogP contribution is 2.30. The van der Waals surface area contributed by atoms with Crippen LogP contribution in [0.1, 0.15) is 38.2 Å². The summed E-state index contributed by atoms with van der Waals surface area (Å²) in [5.41, 5.74) is -0.333. The minimum absolute atomic E-state index is 0.0921. The molecular weight excluding hydrogens is 281 g/mol. The number of carbonyl (C=O) groups excluding carboxylic acids is 1. The molecule has 1 aromatic rings. The molecule has 0 aliphatic rings. The van der Waals surface area contributed by atoms with Crippen LogP contribution in [0, 0.1) is 0 Å². The van der Waals surface area contributed by atoms with Crippen molar-refractivity contribution in [3.63, 3.8) is 0 Å². The molecule has 0 unspecified atom stereocenters. The Hall–Kier alpha value is -1.72. The van der Waals surface area contributed by atoms with Crippen LogP contribution in [-0.2, 0) is 11.0 Å². The van der Waals surface area contributed by atoms with Crippen molar-refractivity contribution in [3.05, 3.63) is 29.8 Å². The molecule has 0 spiro atoms. The molecular formula is C15H21F3N2O. The lowest BCUT2D eigenvalue weighted by atomic mass is 10.2. The zero-order chi connectivity index (χ0) is 15.7. The minimum Gasteiger partial charge on any atom is -0.385 e. The van der Waals surface area contributed by atoms with Gasteiger partial charge in [-0.05, 0) is 24.6 Å². The van der Waals surface area contributed by atoms with Gasteiger partial charge in [-0.25, -0.2) is 0 Å². The number of amides is 1. The fourth-order valence-corrected chi connectivity index (χ4v) is 1.82. The zero-order valence-electron chi connectivity index (χ0n) is 12.1. The summed E-state index contributed by atoms with van der Waals surface area (Å²) in [6.07, 6.45) is -1.00. The quantitative estimate of drug-likeness (QED) is 0.717. The van der Waals surface area contributed by atoms with Crippen molar-refractivity contribution in [3.8, 4) is 0 Å². The molecule has 1 aromatic carbocycles. The van der Waals surface area contributed by atoms with Gasteiger partial charge < -0.3 is 10.6 Å². The van der Waals surface area contributed by atoms with Gasteiger partial charge in [0.2, 0.25) is 5.91 Å². The first-order valence-corrected chi connectivity index (χ1v) is 7.11. The zero-order valence-corrected chi connectivity index (χ0v) is 12.1. The van der Waals surface area contributed by atoms with Crippen molar-refractivity contribution in [2.45, 2.75) is 38.8 Å². The number of hydrogen-bond donors (Lipinski definition) is 2. The lowest BCUT2D eigenvalue weighted by Crippen LogP contribution is -2.26. The number of hydrogen-bond acceptors (Lipinski definition) is 2. The number of unbranched alkanes of at least 4 members (excludes halogenated alkanes) is 2. The Balaban J connectivity index is 2.31. The summed E-state index contributed by atoms with van der Waals surface area (Å²) < 4.78 is 37.6. The van der Waals surface area contributed by atoms with Crippen LogP contribution in [0.3, 0.4) is 0 Å².